The lowest BCUT2D eigenvalue weighted by Crippen LogP contribution is -2.44. The molecule has 0 saturated heterocycles. The smallest absolute Gasteiger partial charge is 0.0632 e. The van der Waals surface area contributed by atoms with E-state index in [0.29, 0.717) is 0 Å². The van der Waals surface area contributed by atoms with Crippen LogP contribution in [-0.4, -0.2) is 84.5 Å². The quantitative estimate of drug-likeness (QED) is 0.116. The normalized spacial score (nSPS) is 12.7. The zero-order valence-corrected chi connectivity index (χ0v) is 22.2. The average molecular weight is 493 g/mol. The maximum Gasteiger partial charge on any atom is 0.0632 e. The summed E-state index contributed by atoms with van der Waals surface area (Å²) in [4.78, 5) is 0. The molecular formula is C27H56O7. The second-order valence-electron chi connectivity index (χ2n) is 10.3. The molecule has 0 aliphatic heterocycles. The lowest BCUT2D eigenvalue weighted by Gasteiger charge is -2.34. The second-order valence-corrected chi connectivity index (χ2v) is 10.3. The highest BCUT2D eigenvalue weighted by molar-refractivity contribution is 4.81. The molecule has 0 aliphatic carbocycles. The number of rotatable bonds is 26. The van der Waals surface area contributed by atoms with E-state index in [0.717, 1.165) is 25.7 Å². The highest BCUT2D eigenvalue weighted by Gasteiger charge is 2.34. The lowest BCUT2D eigenvalue weighted by molar-refractivity contribution is -0.122. The molecule has 34 heavy (non-hydrogen) atoms. The first kappa shape index (κ1) is 33.7. The average Bonchev–Trinajstić information content (AvgIpc) is 2.87. The van der Waals surface area contributed by atoms with Crippen LogP contribution in [-0.2, 0) is 9.47 Å². The number of ether oxygens (including phenoxy) is 2. The third-order valence-electron chi connectivity index (χ3n) is 6.88. The van der Waals surface area contributed by atoms with Crippen molar-refractivity contribution >= 4 is 0 Å². The molecule has 206 valence electrons. The Labute approximate surface area is 208 Å². The number of aliphatic hydroxyl groups is 5. The van der Waals surface area contributed by atoms with Gasteiger partial charge in [-0.25, -0.2) is 0 Å². The van der Waals surface area contributed by atoms with Gasteiger partial charge in [0.1, 0.15) is 0 Å². The number of aliphatic hydroxyl groups excluding tert-OH is 5. The van der Waals surface area contributed by atoms with Crippen molar-refractivity contribution in [3.05, 3.63) is 0 Å². The van der Waals surface area contributed by atoms with Crippen LogP contribution in [0.3, 0.4) is 0 Å². The maximum absolute atomic E-state index is 10.0. The van der Waals surface area contributed by atoms with Crippen LogP contribution < -0.4 is 0 Å². The largest absolute Gasteiger partial charge is 0.396 e. The van der Waals surface area contributed by atoms with Crippen LogP contribution in [0, 0.1) is 10.8 Å². The van der Waals surface area contributed by atoms with Crippen LogP contribution in [0.25, 0.3) is 0 Å². The summed E-state index contributed by atoms with van der Waals surface area (Å²) in [5, 5.41) is 48.5. The van der Waals surface area contributed by atoms with Crippen molar-refractivity contribution in [3.8, 4) is 0 Å². The van der Waals surface area contributed by atoms with Gasteiger partial charge in [0.2, 0.25) is 0 Å². The van der Waals surface area contributed by atoms with E-state index in [1.807, 2.05) is 0 Å². The maximum atomic E-state index is 10.0. The van der Waals surface area contributed by atoms with Gasteiger partial charge in [-0.3, -0.25) is 0 Å². The van der Waals surface area contributed by atoms with Crippen LogP contribution in [0.15, 0.2) is 0 Å². The standard InChI is InChI=1S/C27H56O7/c1-3-5-7-9-11-13-15-25(16-14-12-10-8-6-4-2)34-24-27(20-31,21-32)23-33-22-26(17-28,18-29)19-30/h25,28-32H,3-24H2,1-2H3. The number of unbranched alkanes of at least 4 members (excludes halogenated alkanes) is 10. The van der Waals surface area contributed by atoms with Gasteiger partial charge in [-0.1, -0.05) is 90.9 Å². The van der Waals surface area contributed by atoms with Crippen molar-refractivity contribution < 1.29 is 35.0 Å². The van der Waals surface area contributed by atoms with Gasteiger partial charge in [-0.15, -0.1) is 0 Å². The summed E-state index contributed by atoms with van der Waals surface area (Å²) >= 11 is 0. The Morgan fingerprint density at radius 2 is 0.882 bits per heavy atom. The second kappa shape index (κ2) is 22.0. The Morgan fingerprint density at radius 3 is 1.29 bits per heavy atom. The third-order valence-corrected chi connectivity index (χ3v) is 6.88. The molecule has 0 aromatic heterocycles. The molecule has 0 rings (SSSR count). The fourth-order valence-electron chi connectivity index (χ4n) is 3.96. The molecule has 0 amide bonds. The molecule has 0 aromatic carbocycles. The predicted octanol–water partition coefficient (Wildman–Crippen LogP) is 3.82. The zero-order valence-electron chi connectivity index (χ0n) is 22.2. The fraction of sp³-hybridized carbons (Fsp3) is 1.00. The van der Waals surface area contributed by atoms with Crippen molar-refractivity contribution in [1.82, 2.24) is 0 Å². The van der Waals surface area contributed by atoms with E-state index in [1.165, 1.54) is 64.2 Å². The molecule has 0 aliphatic rings. The molecular weight excluding hydrogens is 436 g/mol. The molecule has 0 aromatic rings. The molecule has 0 heterocycles. The Morgan fingerprint density at radius 1 is 0.500 bits per heavy atom. The lowest BCUT2D eigenvalue weighted by atomic mass is 9.90. The monoisotopic (exact) mass is 492 g/mol. The summed E-state index contributed by atoms with van der Waals surface area (Å²) in [6.45, 7) is 2.73. The molecule has 7 nitrogen and oxygen atoms in total. The van der Waals surface area contributed by atoms with Crippen LogP contribution in [0.4, 0.5) is 0 Å². The van der Waals surface area contributed by atoms with Crippen LogP contribution in [0.5, 0.6) is 0 Å². The fourth-order valence-corrected chi connectivity index (χ4v) is 3.96. The van der Waals surface area contributed by atoms with Crippen molar-refractivity contribution in [3.63, 3.8) is 0 Å². The SMILES string of the molecule is CCCCCCCCC(CCCCCCCC)OCC(CO)(CO)COCC(CO)(CO)CO. The van der Waals surface area contributed by atoms with Gasteiger partial charge in [0.25, 0.3) is 0 Å². The van der Waals surface area contributed by atoms with Crippen molar-refractivity contribution in [2.24, 2.45) is 10.8 Å². The van der Waals surface area contributed by atoms with Crippen LogP contribution in [0.2, 0.25) is 0 Å². The number of hydrogen-bond donors (Lipinski definition) is 5. The van der Waals surface area contributed by atoms with Crippen LogP contribution >= 0.6 is 0 Å². The van der Waals surface area contributed by atoms with Crippen molar-refractivity contribution in [1.29, 1.82) is 0 Å². The Bertz CT molecular complexity index is 401. The summed E-state index contributed by atoms with van der Waals surface area (Å²) in [7, 11) is 0. The van der Waals surface area contributed by atoms with Gasteiger partial charge in [0.15, 0.2) is 0 Å². The van der Waals surface area contributed by atoms with E-state index < -0.39 is 30.7 Å². The van der Waals surface area contributed by atoms with Gasteiger partial charge in [-0.05, 0) is 12.8 Å². The summed E-state index contributed by atoms with van der Waals surface area (Å²) in [5.74, 6) is 0. The minimum absolute atomic E-state index is 0.0164. The van der Waals surface area contributed by atoms with E-state index in [2.05, 4.69) is 13.8 Å². The highest BCUT2D eigenvalue weighted by Crippen LogP contribution is 2.24. The molecule has 7 heteroatoms. The van der Waals surface area contributed by atoms with E-state index in [1.54, 1.807) is 0 Å². The Hall–Kier alpha value is -0.280. The minimum atomic E-state index is -1.14. The van der Waals surface area contributed by atoms with Gasteiger partial charge in [-0.2, -0.15) is 0 Å². The molecule has 5 N–H and O–H groups in total. The van der Waals surface area contributed by atoms with Gasteiger partial charge in [0, 0.05) is 0 Å². The minimum Gasteiger partial charge on any atom is -0.396 e. The van der Waals surface area contributed by atoms with Crippen LogP contribution in [0.1, 0.15) is 104 Å². The van der Waals surface area contributed by atoms with Gasteiger partial charge < -0.3 is 35.0 Å². The summed E-state index contributed by atoms with van der Waals surface area (Å²) in [6.07, 6.45) is 16.9. The van der Waals surface area contributed by atoms with Crippen molar-refractivity contribution in [2.45, 2.75) is 110 Å². The summed E-state index contributed by atoms with van der Waals surface area (Å²) in [5.41, 5.74) is -2.11. The first-order chi connectivity index (χ1) is 16.5. The molecule has 0 fully saturated rings. The van der Waals surface area contributed by atoms with Gasteiger partial charge in [0.05, 0.1) is 69.8 Å². The molecule has 0 radical (unpaired) electrons. The third kappa shape index (κ3) is 15.0. The summed E-state index contributed by atoms with van der Waals surface area (Å²) < 4.78 is 11.9. The Kier molecular flexibility index (Phi) is 21.8. The first-order valence-electron chi connectivity index (χ1n) is 13.7. The molecule has 0 bridgehead atoms. The molecule has 0 saturated carbocycles. The molecule has 0 unspecified atom stereocenters. The van der Waals surface area contributed by atoms with Gasteiger partial charge >= 0.3 is 0 Å². The number of hydrogen-bond acceptors (Lipinski definition) is 7. The topological polar surface area (TPSA) is 120 Å². The first-order valence-corrected chi connectivity index (χ1v) is 13.7. The molecule has 0 atom stereocenters. The zero-order chi connectivity index (χ0) is 25.5. The van der Waals surface area contributed by atoms with E-state index in [4.69, 9.17) is 9.47 Å². The molecule has 0 spiro atoms. The van der Waals surface area contributed by atoms with E-state index in [-0.39, 0.29) is 39.1 Å². The van der Waals surface area contributed by atoms with Crippen molar-refractivity contribution in [2.75, 3.05) is 52.9 Å². The predicted molar refractivity (Wildman–Crippen MR) is 137 cm³/mol. The Balaban J connectivity index is 4.75. The highest BCUT2D eigenvalue weighted by atomic mass is 16.5. The van der Waals surface area contributed by atoms with E-state index in [9.17, 15) is 25.5 Å². The van der Waals surface area contributed by atoms with E-state index >= 15 is 0 Å². The summed E-state index contributed by atoms with van der Waals surface area (Å²) in [6, 6.07) is 0.